The molecule has 0 saturated heterocycles. The molecule has 0 saturated carbocycles. The van der Waals surface area contributed by atoms with Gasteiger partial charge in [0.15, 0.2) is 0 Å². The first-order valence-corrected chi connectivity index (χ1v) is 10.5. The smallest absolute Gasteiger partial charge is 0.0495 e. The average molecular weight is 392 g/mol. The number of thioether (sulfide) groups is 1. The molecule has 0 amide bonds. The van der Waals surface area contributed by atoms with E-state index in [9.17, 15) is 0 Å². The molecule has 1 aromatic heterocycles. The van der Waals surface area contributed by atoms with Crippen molar-refractivity contribution in [3.05, 3.63) is 100 Å². The molecule has 3 heteroatoms. The highest BCUT2D eigenvalue weighted by atomic mass is 35.5. The quantitative estimate of drug-likeness (QED) is 0.324. The summed E-state index contributed by atoms with van der Waals surface area (Å²) < 4.78 is 2.38. The van der Waals surface area contributed by atoms with Crippen molar-refractivity contribution in [2.45, 2.75) is 31.0 Å². The second-order valence-corrected chi connectivity index (χ2v) is 8.44. The largest absolute Gasteiger partial charge is 0.342 e. The Bertz CT molecular complexity index is 1080. The first-order valence-electron chi connectivity index (χ1n) is 9.11. The molecule has 1 nitrogen and oxygen atoms in total. The number of aryl methyl sites for hydroxylation is 2. The third-order valence-electron chi connectivity index (χ3n) is 4.90. The molecular weight excluding hydrogens is 370 g/mol. The van der Waals surface area contributed by atoms with Crippen molar-refractivity contribution in [1.82, 2.24) is 4.57 Å². The number of hydrogen-bond acceptors (Lipinski definition) is 1. The van der Waals surface area contributed by atoms with Crippen LogP contribution in [0.3, 0.4) is 0 Å². The highest BCUT2D eigenvalue weighted by Gasteiger charge is 2.10. The number of halogens is 1. The summed E-state index contributed by atoms with van der Waals surface area (Å²) in [6.07, 6.45) is 2.30. The van der Waals surface area contributed by atoms with Gasteiger partial charge in [-0.2, -0.15) is 0 Å². The minimum absolute atomic E-state index is 0.786. The molecule has 27 heavy (non-hydrogen) atoms. The van der Waals surface area contributed by atoms with E-state index in [1.165, 1.54) is 38.1 Å². The molecule has 0 aliphatic heterocycles. The molecular formula is C24H22ClNS. The van der Waals surface area contributed by atoms with E-state index in [2.05, 4.69) is 79.2 Å². The Hall–Kier alpha value is -2.16. The van der Waals surface area contributed by atoms with Gasteiger partial charge in [-0.05, 0) is 48.7 Å². The molecule has 0 fully saturated rings. The first kappa shape index (κ1) is 18.2. The summed E-state index contributed by atoms with van der Waals surface area (Å²) in [5.74, 6) is 0.939. The fourth-order valence-electron chi connectivity index (χ4n) is 3.35. The summed E-state index contributed by atoms with van der Waals surface area (Å²) in [4.78, 5) is 1.32. The van der Waals surface area contributed by atoms with E-state index >= 15 is 0 Å². The Morgan fingerprint density at radius 3 is 2.52 bits per heavy atom. The third-order valence-corrected chi connectivity index (χ3v) is 6.27. The monoisotopic (exact) mass is 391 g/mol. The fourth-order valence-corrected chi connectivity index (χ4v) is 4.53. The zero-order chi connectivity index (χ0) is 18.8. The van der Waals surface area contributed by atoms with Crippen molar-refractivity contribution in [2.75, 3.05) is 0 Å². The van der Waals surface area contributed by atoms with Crippen molar-refractivity contribution in [3.8, 4) is 0 Å². The predicted molar refractivity (Wildman–Crippen MR) is 118 cm³/mol. The Kier molecular flexibility index (Phi) is 5.29. The second kappa shape index (κ2) is 7.84. The van der Waals surface area contributed by atoms with Gasteiger partial charge in [0.05, 0.1) is 0 Å². The van der Waals surface area contributed by atoms with Crippen LogP contribution in [-0.2, 0) is 12.3 Å². The van der Waals surface area contributed by atoms with Gasteiger partial charge in [-0.3, -0.25) is 0 Å². The molecule has 1 heterocycles. The lowest BCUT2D eigenvalue weighted by molar-refractivity contribution is 0.823. The van der Waals surface area contributed by atoms with Crippen LogP contribution in [0.5, 0.6) is 0 Å². The summed E-state index contributed by atoms with van der Waals surface area (Å²) in [7, 11) is 0. The van der Waals surface area contributed by atoms with Gasteiger partial charge in [0.1, 0.15) is 0 Å². The van der Waals surface area contributed by atoms with Gasteiger partial charge < -0.3 is 4.57 Å². The Balaban J connectivity index is 1.64. The normalized spacial score (nSPS) is 11.2. The van der Waals surface area contributed by atoms with Gasteiger partial charge in [-0.15, -0.1) is 11.8 Å². The zero-order valence-corrected chi connectivity index (χ0v) is 17.1. The second-order valence-electron chi connectivity index (χ2n) is 6.98. The maximum absolute atomic E-state index is 6.00. The van der Waals surface area contributed by atoms with Crippen molar-refractivity contribution < 1.29 is 0 Å². The van der Waals surface area contributed by atoms with Gasteiger partial charge in [0, 0.05) is 39.3 Å². The van der Waals surface area contributed by atoms with Gasteiger partial charge in [-0.1, -0.05) is 65.7 Å². The lowest BCUT2D eigenvalue weighted by atomic mass is 10.1. The molecule has 4 aromatic rings. The van der Waals surface area contributed by atoms with Crippen molar-refractivity contribution >= 4 is 34.3 Å². The van der Waals surface area contributed by atoms with Crippen LogP contribution >= 0.6 is 23.4 Å². The molecule has 0 atom stereocenters. The van der Waals surface area contributed by atoms with E-state index in [-0.39, 0.29) is 0 Å². The summed E-state index contributed by atoms with van der Waals surface area (Å²) in [6.45, 7) is 5.25. The molecule has 0 spiro atoms. The zero-order valence-electron chi connectivity index (χ0n) is 15.6. The Morgan fingerprint density at radius 2 is 1.70 bits per heavy atom. The lowest BCUT2D eigenvalue weighted by Gasteiger charge is -2.09. The number of fused-ring (bicyclic) bond motifs is 1. The van der Waals surface area contributed by atoms with Crippen molar-refractivity contribution in [2.24, 2.45) is 0 Å². The minimum Gasteiger partial charge on any atom is -0.342 e. The maximum atomic E-state index is 6.00. The standard InChI is InChI=1S/C24H22ClNS/c1-17-7-8-18(2)20(13-17)14-26-15-24(22-5-3-4-6-23(22)26)27-16-19-9-11-21(25)12-10-19/h3-13,15H,14,16H2,1-2H3. The third kappa shape index (κ3) is 4.07. The molecule has 0 bridgehead atoms. The van der Waals surface area contributed by atoms with E-state index < -0.39 is 0 Å². The topological polar surface area (TPSA) is 4.93 Å². The Morgan fingerprint density at radius 1 is 0.926 bits per heavy atom. The summed E-state index contributed by atoms with van der Waals surface area (Å²) >= 11 is 7.88. The van der Waals surface area contributed by atoms with Crippen molar-refractivity contribution in [1.29, 1.82) is 0 Å². The van der Waals surface area contributed by atoms with Crippen LogP contribution in [0.2, 0.25) is 5.02 Å². The first-order chi connectivity index (χ1) is 13.1. The minimum atomic E-state index is 0.786. The summed E-state index contributed by atoms with van der Waals surface area (Å²) in [5, 5.41) is 2.11. The molecule has 0 aliphatic rings. The molecule has 0 unspecified atom stereocenters. The van der Waals surface area contributed by atoms with Crippen LogP contribution in [0.1, 0.15) is 22.3 Å². The molecule has 0 N–H and O–H groups in total. The van der Waals surface area contributed by atoms with Crippen LogP contribution in [-0.4, -0.2) is 4.57 Å². The van der Waals surface area contributed by atoms with Crippen molar-refractivity contribution in [3.63, 3.8) is 0 Å². The van der Waals surface area contributed by atoms with Crippen LogP contribution < -0.4 is 0 Å². The van der Waals surface area contributed by atoms with Crippen LogP contribution in [0, 0.1) is 13.8 Å². The summed E-state index contributed by atoms with van der Waals surface area (Å²) in [5.41, 5.74) is 6.61. The number of aromatic nitrogens is 1. The van der Waals surface area contributed by atoms with E-state index in [1.54, 1.807) is 0 Å². The Labute approximate surface area is 170 Å². The number of rotatable bonds is 5. The van der Waals surface area contributed by atoms with Gasteiger partial charge in [0.25, 0.3) is 0 Å². The number of benzene rings is 3. The lowest BCUT2D eigenvalue weighted by Crippen LogP contribution is -2.00. The van der Waals surface area contributed by atoms with E-state index in [0.717, 1.165) is 17.3 Å². The van der Waals surface area contributed by atoms with E-state index in [4.69, 9.17) is 11.6 Å². The fraction of sp³-hybridized carbons (Fsp3) is 0.167. The molecule has 136 valence electrons. The van der Waals surface area contributed by atoms with E-state index in [0.29, 0.717) is 0 Å². The highest BCUT2D eigenvalue weighted by Crippen LogP contribution is 2.33. The predicted octanol–water partition coefficient (Wildman–Crippen LogP) is 7.25. The molecule has 4 rings (SSSR count). The van der Waals surface area contributed by atoms with E-state index in [1.807, 2.05) is 23.9 Å². The van der Waals surface area contributed by atoms with Crippen LogP contribution in [0.25, 0.3) is 10.9 Å². The summed E-state index contributed by atoms with van der Waals surface area (Å²) in [6, 6.07) is 23.5. The van der Waals surface area contributed by atoms with Gasteiger partial charge >= 0.3 is 0 Å². The number of para-hydroxylation sites is 1. The van der Waals surface area contributed by atoms with Crippen LogP contribution in [0.15, 0.2) is 77.8 Å². The van der Waals surface area contributed by atoms with Gasteiger partial charge in [-0.25, -0.2) is 0 Å². The van der Waals surface area contributed by atoms with Gasteiger partial charge in [0.2, 0.25) is 0 Å². The number of hydrogen-bond donors (Lipinski definition) is 0. The highest BCUT2D eigenvalue weighted by molar-refractivity contribution is 7.98. The molecule has 0 radical (unpaired) electrons. The molecule has 0 aliphatic carbocycles. The molecule has 3 aromatic carbocycles. The maximum Gasteiger partial charge on any atom is 0.0495 e. The average Bonchev–Trinajstić information content (AvgIpc) is 3.02. The number of nitrogens with zero attached hydrogens (tertiary/aromatic N) is 1. The SMILES string of the molecule is Cc1ccc(C)c(Cn2cc(SCc3ccc(Cl)cc3)c3ccccc32)c1. The van der Waals surface area contributed by atoms with Crippen LogP contribution in [0.4, 0.5) is 0 Å².